The summed E-state index contributed by atoms with van der Waals surface area (Å²) in [6.45, 7) is 0. The summed E-state index contributed by atoms with van der Waals surface area (Å²) >= 11 is 0. The number of pyridine rings is 1. The third-order valence-electron chi connectivity index (χ3n) is 2.80. The molecule has 2 aromatic heterocycles. The zero-order valence-corrected chi connectivity index (χ0v) is 7.77. The number of rotatable bonds is 2. The number of hydrogen-bond acceptors (Lipinski definition) is 2. The third kappa shape index (κ3) is 1.21. The molecule has 1 aliphatic carbocycles. The zero-order valence-electron chi connectivity index (χ0n) is 7.77. The lowest BCUT2D eigenvalue weighted by Gasteiger charge is -2.04. The van der Waals surface area contributed by atoms with Crippen molar-refractivity contribution >= 4 is 11.0 Å². The smallest absolute Gasteiger partial charge is 0.0966 e. The Morgan fingerprint density at radius 3 is 3.07 bits per heavy atom. The largest absolute Gasteiger partial charge is 0.387 e. The molecule has 2 N–H and O–H groups in total. The SMILES string of the molecule is OC(c1cc2ncccc2[nH]1)C1CC1. The first-order chi connectivity index (χ1) is 6.84. The Labute approximate surface area is 81.8 Å². The van der Waals surface area contributed by atoms with Crippen molar-refractivity contribution in [3.63, 3.8) is 0 Å². The van der Waals surface area contributed by atoms with Gasteiger partial charge in [-0.15, -0.1) is 0 Å². The molecule has 0 amide bonds. The standard InChI is InChI=1S/C11H12N2O/c14-11(7-3-4-7)10-6-9-8(13-10)2-1-5-12-9/h1-2,5-7,11,13-14H,3-4H2. The van der Waals surface area contributed by atoms with Gasteiger partial charge in [0.15, 0.2) is 0 Å². The molecule has 3 rings (SSSR count). The molecule has 1 fully saturated rings. The van der Waals surface area contributed by atoms with E-state index >= 15 is 0 Å². The van der Waals surface area contributed by atoms with Crippen LogP contribution in [0.15, 0.2) is 24.4 Å². The van der Waals surface area contributed by atoms with Gasteiger partial charge in [0.25, 0.3) is 0 Å². The van der Waals surface area contributed by atoms with E-state index in [-0.39, 0.29) is 6.10 Å². The van der Waals surface area contributed by atoms with Crippen molar-refractivity contribution in [2.75, 3.05) is 0 Å². The normalized spacial score (nSPS) is 18.6. The lowest BCUT2D eigenvalue weighted by atomic mass is 10.2. The van der Waals surface area contributed by atoms with Crippen LogP contribution in [-0.4, -0.2) is 15.1 Å². The molecule has 0 radical (unpaired) electrons. The van der Waals surface area contributed by atoms with Gasteiger partial charge >= 0.3 is 0 Å². The van der Waals surface area contributed by atoms with E-state index in [0.717, 1.165) is 29.6 Å². The molecule has 2 aromatic rings. The van der Waals surface area contributed by atoms with E-state index in [9.17, 15) is 5.11 Å². The Kier molecular flexibility index (Phi) is 1.61. The fourth-order valence-electron chi connectivity index (χ4n) is 1.80. The molecule has 2 heterocycles. The van der Waals surface area contributed by atoms with Crippen molar-refractivity contribution in [2.24, 2.45) is 5.92 Å². The fourth-order valence-corrected chi connectivity index (χ4v) is 1.80. The predicted octanol–water partition coefficient (Wildman–Crippen LogP) is 2.01. The first-order valence-corrected chi connectivity index (χ1v) is 4.96. The highest BCUT2D eigenvalue weighted by Crippen LogP contribution is 2.40. The predicted molar refractivity (Wildman–Crippen MR) is 53.8 cm³/mol. The van der Waals surface area contributed by atoms with Crippen molar-refractivity contribution in [2.45, 2.75) is 18.9 Å². The molecular weight excluding hydrogens is 176 g/mol. The maximum Gasteiger partial charge on any atom is 0.0966 e. The third-order valence-corrected chi connectivity index (χ3v) is 2.80. The van der Waals surface area contributed by atoms with Crippen molar-refractivity contribution in [1.82, 2.24) is 9.97 Å². The average molecular weight is 188 g/mol. The second-order valence-corrected chi connectivity index (χ2v) is 3.94. The van der Waals surface area contributed by atoms with Gasteiger partial charge in [0.2, 0.25) is 0 Å². The molecule has 0 aromatic carbocycles. The molecule has 0 bridgehead atoms. The highest BCUT2D eigenvalue weighted by Gasteiger charge is 2.31. The van der Waals surface area contributed by atoms with Crippen LogP contribution in [0.25, 0.3) is 11.0 Å². The average Bonchev–Trinajstić information content (AvgIpc) is 2.95. The summed E-state index contributed by atoms with van der Waals surface area (Å²) in [5, 5.41) is 9.90. The molecule has 14 heavy (non-hydrogen) atoms. The number of hydrogen-bond donors (Lipinski definition) is 2. The molecule has 1 atom stereocenters. The Morgan fingerprint density at radius 2 is 2.36 bits per heavy atom. The van der Waals surface area contributed by atoms with Crippen molar-refractivity contribution in [3.8, 4) is 0 Å². The molecule has 1 saturated carbocycles. The molecular formula is C11H12N2O. The van der Waals surface area contributed by atoms with Crippen molar-refractivity contribution < 1.29 is 5.11 Å². The topological polar surface area (TPSA) is 48.9 Å². The van der Waals surface area contributed by atoms with Crippen LogP contribution in [0.5, 0.6) is 0 Å². The van der Waals surface area contributed by atoms with Crippen LogP contribution < -0.4 is 0 Å². The van der Waals surface area contributed by atoms with Gasteiger partial charge in [0.05, 0.1) is 17.1 Å². The van der Waals surface area contributed by atoms with Gasteiger partial charge in [-0.3, -0.25) is 4.98 Å². The second kappa shape index (κ2) is 2.82. The molecule has 0 aliphatic heterocycles. The lowest BCUT2D eigenvalue weighted by Crippen LogP contribution is -1.98. The summed E-state index contributed by atoms with van der Waals surface area (Å²) in [4.78, 5) is 7.43. The number of nitrogens with one attached hydrogen (secondary N) is 1. The molecule has 3 nitrogen and oxygen atoms in total. The summed E-state index contributed by atoms with van der Waals surface area (Å²) in [7, 11) is 0. The van der Waals surface area contributed by atoms with E-state index < -0.39 is 0 Å². The number of aromatic amines is 1. The van der Waals surface area contributed by atoms with Crippen LogP contribution in [0.1, 0.15) is 24.6 Å². The minimum Gasteiger partial charge on any atom is -0.387 e. The quantitative estimate of drug-likeness (QED) is 0.757. The number of aliphatic hydroxyl groups excluding tert-OH is 1. The number of aliphatic hydroxyl groups is 1. The summed E-state index contributed by atoms with van der Waals surface area (Å²) in [6.07, 6.45) is 3.72. The van der Waals surface area contributed by atoms with E-state index in [0.29, 0.717) is 5.92 Å². The van der Waals surface area contributed by atoms with Crippen LogP contribution in [0.3, 0.4) is 0 Å². The molecule has 3 heteroatoms. The number of aromatic nitrogens is 2. The van der Waals surface area contributed by atoms with E-state index in [1.54, 1.807) is 6.20 Å². The summed E-state index contributed by atoms with van der Waals surface area (Å²) in [5.74, 6) is 0.461. The molecule has 1 aliphatic rings. The van der Waals surface area contributed by atoms with Crippen LogP contribution in [0.4, 0.5) is 0 Å². The van der Waals surface area contributed by atoms with Crippen LogP contribution in [0, 0.1) is 5.92 Å². The molecule has 72 valence electrons. The second-order valence-electron chi connectivity index (χ2n) is 3.94. The first kappa shape index (κ1) is 8.00. The van der Waals surface area contributed by atoms with Crippen LogP contribution in [0.2, 0.25) is 0 Å². The van der Waals surface area contributed by atoms with Gasteiger partial charge in [-0.25, -0.2) is 0 Å². The van der Waals surface area contributed by atoms with Gasteiger partial charge in [-0.05, 0) is 37.0 Å². The van der Waals surface area contributed by atoms with Gasteiger partial charge in [0.1, 0.15) is 0 Å². The molecule has 0 saturated heterocycles. The number of nitrogens with zero attached hydrogens (tertiary/aromatic N) is 1. The number of H-pyrrole nitrogens is 1. The minimum absolute atomic E-state index is 0.329. The Morgan fingerprint density at radius 1 is 1.50 bits per heavy atom. The maximum absolute atomic E-state index is 9.90. The zero-order chi connectivity index (χ0) is 9.54. The Bertz CT molecular complexity index is 426. The highest BCUT2D eigenvalue weighted by atomic mass is 16.3. The van der Waals surface area contributed by atoms with Gasteiger partial charge in [-0.1, -0.05) is 0 Å². The highest BCUT2D eigenvalue weighted by molar-refractivity contribution is 5.75. The van der Waals surface area contributed by atoms with Gasteiger partial charge in [-0.2, -0.15) is 0 Å². The first-order valence-electron chi connectivity index (χ1n) is 4.96. The van der Waals surface area contributed by atoms with Crippen molar-refractivity contribution in [1.29, 1.82) is 0 Å². The summed E-state index contributed by atoms with van der Waals surface area (Å²) in [6, 6.07) is 5.82. The molecule has 1 unspecified atom stereocenters. The maximum atomic E-state index is 9.90. The monoisotopic (exact) mass is 188 g/mol. The summed E-state index contributed by atoms with van der Waals surface area (Å²) < 4.78 is 0. The summed E-state index contributed by atoms with van der Waals surface area (Å²) in [5.41, 5.74) is 2.84. The van der Waals surface area contributed by atoms with Crippen LogP contribution >= 0.6 is 0 Å². The van der Waals surface area contributed by atoms with Crippen molar-refractivity contribution in [3.05, 3.63) is 30.1 Å². The minimum atomic E-state index is -0.329. The van der Waals surface area contributed by atoms with Gasteiger partial charge in [0, 0.05) is 11.9 Å². The van der Waals surface area contributed by atoms with E-state index in [4.69, 9.17) is 0 Å². The van der Waals surface area contributed by atoms with Crippen LogP contribution in [-0.2, 0) is 0 Å². The van der Waals surface area contributed by atoms with E-state index in [2.05, 4.69) is 9.97 Å². The molecule has 0 spiro atoms. The lowest BCUT2D eigenvalue weighted by molar-refractivity contribution is 0.150. The van der Waals surface area contributed by atoms with E-state index in [1.807, 2.05) is 18.2 Å². The Balaban J connectivity index is 2.04. The fraction of sp³-hybridized carbons (Fsp3) is 0.364. The Hall–Kier alpha value is -1.35. The van der Waals surface area contributed by atoms with E-state index in [1.165, 1.54) is 0 Å². The number of fused-ring (bicyclic) bond motifs is 1. The van der Waals surface area contributed by atoms with Gasteiger partial charge < -0.3 is 10.1 Å².